The van der Waals surface area contributed by atoms with Crippen molar-refractivity contribution < 1.29 is 9.53 Å². The fourth-order valence-corrected chi connectivity index (χ4v) is 2.37. The highest BCUT2D eigenvalue weighted by Crippen LogP contribution is 2.23. The van der Waals surface area contributed by atoms with Crippen LogP contribution in [0.4, 0.5) is 0 Å². The van der Waals surface area contributed by atoms with Gasteiger partial charge < -0.3 is 10.1 Å². The van der Waals surface area contributed by atoms with Gasteiger partial charge in [-0.25, -0.2) is 9.97 Å². The van der Waals surface area contributed by atoms with Crippen LogP contribution in [0.15, 0.2) is 12.3 Å². The quantitative estimate of drug-likeness (QED) is 0.893. The van der Waals surface area contributed by atoms with Gasteiger partial charge in [-0.2, -0.15) is 0 Å². The minimum absolute atomic E-state index is 0.0341. The van der Waals surface area contributed by atoms with Crippen molar-refractivity contribution in [2.24, 2.45) is 11.8 Å². The largest absolute Gasteiger partial charge is 0.381 e. The molecule has 2 heterocycles. The number of amides is 1. The van der Waals surface area contributed by atoms with E-state index in [1.54, 1.807) is 6.20 Å². The molecule has 1 atom stereocenters. The van der Waals surface area contributed by atoms with Crippen molar-refractivity contribution in [3.8, 4) is 0 Å². The molecular weight excluding hydrogens is 242 g/mol. The minimum Gasteiger partial charge on any atom is -0.381 e. The summed E-state index contributed by atoms with van der Waals surface area (Å²) in [6.07, 6.45) is 3.66. The van der Waals surface area contributed by atoms with Crippen molar-refractivity contribution in [2.75, 3.05) is 13.2 Å². The molecule has 1 aliphatic rings. The van der Waals surface area contributed by atoms with Crippen LogP contribution in [0.5, 0.6) is 0 Å². The molecule has 1 aromatic heterocycles. The number of carbonyl (C=O) groups is 1. The minimum atomic E-state index is 0.0341. The summed E-state index contributed by atoms with van der Waals surface area (Å²) in [5.74, 6) is 1.29. The SMILES string of the molecule is Cc1nccc(CNC(=O)C(C)C2CCOCC2)n1. The first-order chi connectivity index (χ1) is 9.16. The first kappa shape index (κ1) is 13.9. The number of carbonyl (C=O) groups excluding carboxylic acids is 1. The number of nitrogens with zero attached hydrogens (tertiary/aromatic N) is 2. The molecule has 0 aromatic carbocycles. The molecule has 1 unspecified atom stereocenters. The second kappa shape index (κ2) is 6.61. The average molecular weight is 263 g/mol. The first-order valence-electron chi connectivity index (χ1n) is 6.81. The van der Waals surface area contributed by atoms with Gasteiger partial charge in [0.05, 0.1) is 12.2 Å². The summed E-state index contributed by atoms with van der Waals surface area (Å²) in [6, 6.07) is 1.83. The molecule has 0 radical (unpaired) electrons. The van der Waals surface area contributed by atoms with Crippen LogP contribution in [0, 0.1) is 18.8 Å². The maximum absolute atomic E-state index is 12.1. The van der Waals surface area contributed by atoms with Gasteiger partial charge >= 0.3 is 0 Å². The monoisotopic (exact) mass is 263 g/mol. The molecule has 1 fully saturated rings. The van der Waals surface area contributed by atoms with Crippen LogP contribution < -0.4 is 5.32 Å². The van der Waals surface area contributed by atoms with Gasteiger partial charge in [0.15, 0.2) is 0 Å². The van der Waals surface area contributed by atoms with Gasteiger partial charge in [0.1, 0.15) is 5.82 Å². The number of ether oxygens (including phenoxy) is 1. The van der Waals surface area contributed by atoms with Gasteiger partial charge in [-0.1, -0.05) is 6.92 Å². The number of aromatic nitrogens is 2. The number of rotatable bonds is 4. The Morgan fingerprint density at radius 2 is 2.26 bits per heavy atom. The van der Waals surface area contributed by atoms with Crippen LogP contribution in [0.1, 0.15) is 31.3 Å². The molecule has 1 amide bonds. The standard InChI is InChI=1S/C14H21N3O2/c1-10(12-4-7-19-8-5-12)14(18)16-9-13-3-6-15-11(2)17-13/h3,6,10,12H,4-5,7-9H2,1-2H3,(H,16,18). The van der Waals surface area contributed by atoms with Crippen molar-refractivity contribution in [1.29, 1.82) is 0 Å². The van der Waals surface area contributed by atoms with E-state index in [0.29, 0.717) is 12.5 Å². The van der Waals surface area contributed by atoms with Gasteiger partial charge in [-0.3, -0.25) is 4.79 Å². The Balaban J connectivity index is 1.83. The van der Waals surface area contributed by atoms with Crippen LogP contribution in [-0.4, -0.2) is 29.1 Å². The summed E-state index contributed by atoms with van der Waals surface area (Å²) in [6.45, 7) is 5.85. The van der Waals surface area contributed by atoms with E-state index in [4.69, 9.17) is 4.74 Å². The van der Waals surface area contributed by atoms with Gasteiger partial charge in [0.2, 0.25) is 5.91 Å². The Morgan fingerprint density at radius 3 is 2.95 bits per heavy atom. The van der Waals surface area contributed by atoms with Crippen molar-refractivity contribution >= 4 is 5.91 Å². The van der Waals surface area contributed by atoms with Crippen molar-refractivity contribution in [1.82, 2.24) is 15.3 Å². The van der Waals surface area contributed by atoms with Crippen molar-refractivity contribution in [3.63, 3.8) is 0 Å². The fourth-order valence-electron chi connectivity index (χ4n) is 2.37. The first-order valence-corrected chi connectivity index (χ1v) is 6.81. The molecule has 1 N–H and O–H groups in total. The molecule has 0 aliphatic carbocycles. The third kappa shape index (κ3) is 3.99. The predicted molar refractivity (Wildman–Crippen MR) is 71.3 cm³/mol. The lowest BCUT2D eigenvalue weighted by Crippen LogP contribution is -2.35. The summed E-state index contributed by atoms with van der Waals surface area (Å²) < 4.78 is 5.32. The highest BCUT2D eigenvalue weighted by molar-refractivity contribution is 5.78. The van der Waals surface area contributed by atoms with E-state index in [0.717, 1.165) is 37.6 Å². The number of hydrogen-bond acceptors (Lipinski definition) is 4. The summed E-state index contributed by atoms with van der Waals surface area (Å²) in [4.78, 5) is 20.4. The number of hydrogen-bond donors (Lipinski definition) is 1. The van der Waals surface area contributed by atoms with E-state index < -0.39 is 0 Å². The van der Waals surface area contributed by atoms with Gasteiger partial charge in [-0.05, 0) is 31.7 Å². The molecular formula is C14H21N3O2. The highest BCUT2D eigenvalue weighted by atomic mass is 16.5. The predicted octanol–water partition coefficient (Wildman–Crippen LogP) is 1.46. The lowest BCUT2D eigenvalue weighted by atomic mass is 9.87. The fraction of sp³-hybridized carbons (Fsp3) is 0.643. The van der Waals surface area contributed by atoms with E-state index in [1.807, 2.05) is 19.9 Å². The molecule has 1 saturated heterocycles. The molecule has 0 saturated carbocycles. The highest BCUT2D eigenvalue weighted by Gasteiger charge is 2.25. The molecule has 5 nitrogen and oxygen atoms in total. The number of aryl methyl sites for hydroxylation is 1. The Kier molecular flexibility index (Phi) is 4.85. The summed E-state index contributed by atoms with van der Waals surface area (Å²) in [5, 5.41) is 2.95. The van der Waals surface area contributed by atoms with Crippen LogP contribution in [0.2, 0.25) is 0 Å². The average Bonchev–Trinajstić information content (AvgIpc) is 2.45. The molecule has 2 rings (SSSR count). The van der Waals surface area contributed by atoms with Crippen LogP contribution in [0.25, 0.3) is 0 Å². The lowest BCUT2D eigenvalue weighted by Gasteiger charge is -2.26. The smallest absolute Gasteiger partial charge is 0.223 e. The molecule has 19 heavy (non-hydrogen) atoms. The third-order valence-electron chi connectivity index (χ3n) is 3.66. The van der Waals surface area contributed by atoms with E-state index in [1.165, 1.54) is 0 Å². The molecule has 0 bridgehead atoms. The normalized spacial score (nSPS) is 18.0. The Bertz CT molecular complexity index is 430. The van der Waals surface area contributed by atoms with Crippen LogP contribution in [0.3, 0.4) is 0 Å². The molecule has 1 aromatic rings. The van der Waals surface area contributed by atoms with Crippen LogP contribution >= 0.6 is 0 Å². The van der Waals surface area contributed by atoms with Gasteiger partial charge in [-0.15, -0.1) is 0 Å². The third-order valence-corrected chi connectivity index (χ3v) is 3.66. The van der Waals surface area contributed by atoms with Crippen LogP contribution in [-0.2, 0) is 16.1 Å². The second-order valence-electron chi connectivity index (χ2n) is 5.05. The van der Waals surface area contributed by atoms with Crippen molar-refractivity contribution in [3.05, 3.63) is 23.8 Å². The Hall–Kier alpha value is -1.49. The topological polar surface area (TPSA) is 64.1 Å². The molecule has 1 aliphatic heterocycles. The zero-order chi connectivity index (χ0) is 13.7. The summed E-state index contributed by atoms with van der Waals surface area (Å²) in [5.41, 5.74) is 0.847. The molecule has 0 spiro atoms. The van der Waals surface area contributed by atoms with E-state index >= 15 is 0 Å². The number of nitrogens with one attached hydrogen (secondary N) is 1. The maximum Gasteiger partial charge on any atom is 0.223 e. The Labute approximate surface area is 113 Å². The Morgan fingerprint density at radius 1 is 1.53 bits per heavy atom. The summed E-state index contributed by atoms with van der Waals surface area (Å²) in [7, 11) is 0. The maximum atomic E-state index is 12.1. The van der Waals surface area contributed by atoms with E-state index in [9.17, 15) is 4.79 Å². The zero-order valence-electron chi connectivity index (χ0n) is 11.6. The second-order valence-corrected chi connectivity index (χ2v) is 5.05. The summed E-state index contributed by atoms with van der Waals surface area (Å²) >= 11 is 0. The van der Waals surface area contributed by atoms with Crippen molar-refractivity contribution in [2.45, 2.75) is 33.2 Å². The van der Waals surface area contributed by atoms with E-state index in [2.05, 4.69) is 15.3 Å². The lowest BCUT2D eigenvalue weighted by molar-refractivity contribution is -0.127. The molecule has 5 heteroatoms. The van der Waals surface area contributed by atoms with E-state index in [-0.39, 0.29) is 11.8 Å². The van der Waals surface area contributed by atoms with Gasteiger partial charge in [0.25, 0.3) is 0 Å². The zero-order valence-corrected chi connectivity index (χ0v) is 11.6. The molecule has 104 valence electrons. The van der Waals surface area contributed by atoms with Gasteiger partial charge in [0, 0.05) is 25.3 Å².